The first-order valence-corrected chi connectivity index (χ1v) is 4.16. The lowest BCUT2D eigenvalue weighted by atomic mass is 10.1. The van der Waals surface area contributed by atoms with Gasteiger partial charge in [-0.1, -0.05) is 12.1 Å². The van der Waals surface area contributed by atoms with Crippen LogP contribution in [0.4, 0.5) is 0 Å². The number of aliphatic hydroxyl groups excluding tert-OH is 1. The van der Waals surface area contributed by atoms with E-state index in [1.165, 1.54) is 19.2 Å². The highest BCUT2D eigenvalue weighted by atomic mass is 16.6. The van der Waals surface area contributed by atoms with Gasteiger partial charge in [-0.05, 0) is 17.7 Å². The van der Waals surface area contributed by atoms with E-state index >= 15 is 0 Å². The Morgan fingerprint density at radius 1 is 1.43 bits per heavy atom. The van der Waals surface area contributed by atoms with Crippen LogP contribution in [0.15, 0.2) is 24.3 Å². The molecular formula is C10H12O4. The summed E-state index contributed by atoms with van der Waals surface area (Å²) in [7, 11) is 1.41. The van der Waals surface area contributed by atoms with Crippen LogP contribution in [0, 0.1) is 0 Å². The van der Waals surface area contributed by atoms with Crippen LogP contribution in [0.2, 0.25) is 0 Å². The second-order valence-electron chi connectivity index (χ2n) is 2.90. The van der Waals surface area contributed by atoms with Crippen LogP contribution in [0.3, 0.4) is 0 Å². The molecule has 1 unspecified atom stereocenters. The van der Waals surface area contributed by atoms with Crippen molar-refractivity contribution in [2.75, 3.05) is 7.11 Å². The topological polar surface area (TPSA) is 66.8 Å². The number of hydrogen-bond donors (Lipinski definition) is 2. The van der Waals surface area contributed by atoms with Crippen LogP contribution in [-0.4, -0.2) is 29.6 Å². The van der Waals surface area contributed by atoms with Crippen molar-refractivity contribution in [2.24, 2.45) is 0 Å². The van der Waals surface area contributed by atoms with Crippen LogP contribution < -0.4 is 0 Å². The van der Waals surface area contributed by atoms with Crippen molar-refractivity contribution < 1.29 is 19.7 Å². The molecule has 76 valence electrons. The number of ether oxygens (including phenoxy) is 1. The zero-order chi connectivity index (χ0) is 10.6. The van der Waals surface area contributed by atoms with Crippen LogP contribution in [0.25, 0.3) is 0 Å². The molecule has 0 bridgehead atoms. The number of carboxylic acids is 1. The normalized spacial score (nSPS) is 12.4. The van der Waals surface area contributed by atoms with Gasteiger partial charge in [0.1, 0.15) is 0 Å². The van der Waals surface area contributed by atoms with Crippen molar-refractivity contribution in [3.05, 3.63) is 35.4 Å². The Bertz CT molecular complexity index is 304. The van der Waals surface area contributed by atoms with Crippen molar-refractivity contribution in [3.8, 4) is 0 Å². The zero-order valence-corrected chi connectivity index (χ0v) is 7.80. The van der Waals surface area contributed by atoms with E-state index in [4.69, 9.17) is 10.2 Å². The fourth-order valence-corrected chi connectivity index (χ4v) is 1.07. The summed E-state index contributed by atoms with van der Waals surface area (Å²) in [6, 6.07) is 6.32. The molecule has 0 aliphatic heterocycles. The van der Waals surface area contributed by atoms with Crippen molar-refractivity contribution in [1.82, 2.24) is 0 Å². The molecular weight excluding hydrogens is 184 g/mol. The summed E-state index contributed by atoms with van der Waals surface area (Å²) in [5.74, 6) is -0.955. The predicted molar refractivity (Wildman–Crippen MR) is 50.1 cm³/mol. The quantitative estimate of drug-likeness (QED) is 0.702. The van der Waals surface area contributed by atoms with E-state index in [-0.39, 0.29) is 5.56 Å². The Morgan fingerprint density at radius 2 is 2.00 bits per heavy atom. The van der Waals surface area contributed by atoms with Gasteiger partial charge in [0.15, 0.2) is 6.29 Å². The predicted octanol–water partition coefficient (Wildman–Crippen LogP) is 0.892. The third kappa shape index (κ3) is 2.83. The highest BCUT2D eigenvalue weighted by Crippen LogP contribution is 2.07. The smallest absolute Gasteiger partial charge is 0.335 e. The zero-order valence-electron chi connectivity index (χ0n) is 7.80. The lowest BCUT2D eigenvalue weighted by Crippen LogP contribution is -2.12. The largest absolute Gasteiger partial charge is 0.478 e. The van der Waals surface area contributed by atoms with Gasteiger partial charge in [0.05, 0.1) is 5.56 Å². The maximum Gasteiger partial charge on any atom is 0.335 e. The molecule has 0 heterocycles. The van der Waals surface area contributed by atoms with Crippen LogP contribution >= 0.6 is 0 Å². The minimum Gasteiger partial charge on any atom is -0.478 e. The maximum atomic E-state index is 10.5. The van der Waals surface area contributed by atoms with E-state index in [9.17, 15) is 4.79 Å². The molecule has 1 aromatic rings. The summed E-state index contributed by atoms with van der Waals surface area (Å²) in [6.07, 6.45) is -0.484. The number of benzene rings is 1. The molecule has 1 rings (SSSR count). The highest BCUT2D eigenvalue weighted by Gasteiger charge is 2.05. The summed E-state index contributed by atoms with van der Waals surface area (Å²) < 4.78 is 4.67. The van der Waals surface area contributed by atoms with Gasteiger partial charge >= 0.3 is 5.97 Å². The molecule has 1 atom stereocenters. The lowest BCUT2D eigenvalue weighted by Gasteiger charge is -2.07. The van der Waals surface area contributed by atoms with E-state index in [1.54, 1.807) is 12.1 Å². The molecule has 0 amide bonds. The molecule has 14 heavy (non-hydrogen) atoms. The first-order valence-electron chi connectivity index (χ1n) is 4.16. The minimum absolute atomic E-state index is 0.237. The summed E-state index contributed by atoms with van der Waals surface area (Å²) >= 11 is 0. The van der Waals surface area contributed by atoms with Gasteiger partial charge in [0, 0.05) is 13.5 Å². The fraction of sp³-hybridized carbons (Fsp3) is 0.300. The Hall–Kier alpha value is -1.39. The first kappa shape index (κ1) is 10.7. The third-order valence-electron chi connectivity index (χ3n) is 1.88. The average molecular weight is 196 g/mol. The number of aliphatic hydroxyl groups is 1. The molecule has 0 aromatic heterocycles. The Labute approximate surface area is 81.8 Å². The SMILES string of the molecule is COC(O)Cc1ccc(C(=O)O)cc1. The summed E-state index contributed by atoms with van der Waals surface area (Å²) in [4.78, 5) is 10.5. The number of methoxy groups -OCH3 is 1. The monoisotopic (exact) mass is 196 g/mol. The van der Waals surface area contributed by atoms with Crippen molar-refractivity contribution >= 4 is 5.97 Å². The van der Waals surface area contributed by atoms with E-state index in [1.807, 2.05) is 0 Å². The van der Waals surface area contributed by atoms with Gasteiger partial charge in [-0.15, -0.1) is 0 Å². The number of hydrogen-bond acceptors (Lipinski definition) is 3. The summed E-state index contributed by atoms with van der Waals surface area (Å²) in [5.41, 5.74) is 1.07. The van der Waals surface area contributed by atoms with E-state index < -0.39 is 12.3 Å². The first-order chi connectivity index (χ1) is 6.63. The van der Waals surface area contributed by atoms with Gasteiger partial charge in [-0.3, -0.25) is 0 Å². The summed E-state index contributed by atoms with van der Waals surface area (Å²) in [5, 5.41) is 17.8. The molecule has 2 N–H and O–H groups in total. The molecule has 0 fully saturated rings. The summed E-state index contributed by atoms with van der Waals surface area (Å²) in [6.45, 7) is 0. The molecule has 4 heteroatoms. The minimum atomic E-state index is -0.955. The standard InChI is InChI=1S/C10H12O4/c1-14-9(11)6-7-2-4-8(5-3-7)10(12)13/h2-5,9,11H,6H2,1H3,(H,12,13). The maximum absolute atomic E-state index is 10.5. The van der Waals surface area contributed by atoms with Crippen molar-refractivity contribution in [1.29, 1.82) is 0 Å². The Kier molecular flexibility index (Phi) is 3.62. The van der Waals surface area contributed by atoms with Crippen LogP contribution in [0.1, 0.15) is 15.9 Å². The van der Waals surface area contributed by atoms with Gasteiger partial charge in [-0.2, -0.15) is 0 Å². The fourth-order valence-electron chi connectivity index (χ4n) is 1.07. The molecule has 4 nitrogen and oxygen atoms in total. The van der Waals surface area contributed by atoms with Crippen LogP contribution in [0.5, 0.6) is 0 Å². The van der Waals surface area contributed by atoms with Gasteiger partial charge in [0.25, 0.3) is 0 Å². The molecule has 0 radical (unpaired) electrons. The average Bonchev–Trinajstić information content (AvgIpc) is 2.18. The molecule has 0 saturated carbocycles. The van der Waals surface area contributed by atoms with Gasteiger partial charge in [0.2, 0.25) is 0 Å². The molecule has 0 spiro atoms. The lowest BCUT2D eigenvalue weighted by molar-refractivity contribution is -0.0720. The molecule has 0 saturated heterocycles. The number of aromatic carboxylic acids is 1. The second-order valence-corrected chi connectivity index (χ2v) is 2.90. The second kappa shape index (κ2) is 4.74. The van der Waals surface area contributed by atoms with Crippen molar-refractivity contribution in [2.45, 2.75) is 12.7 Å². The van der Waals surface area contributed by atoms with Crippen LogP contribution in [-0.2, 0) is 11.2 Å². The third-order valence-corrected chi connectivity index (χ3v) is 1.88. The van der Waals surface area contributed by atoms with Gasteiger partial charge < -0.3 is 14.9 Å². The number of carbonyl (C=O) groups is 1. The van der Waals surface area contributed by atoms with E-state index in [0.717, 1.165) is 5.56 Å². The van der Waals surface area contributed by atoms with Crippen molar-refractivity contribution in [3.63, 3.8) is 0 Å². The Balaban J connectivity index is 2.68. The molecule has 0 aliphatic carbocycles. The number of rotatable bonds is 4. The molecule has 0 aliphatic rings. The highest BCUT2D eigenvalue weighted by molar-refractivity contribution is 5.87. The molecule has 1 aromatic carbocycles. The van der Waals surface area contributed by atoms with E-state index in [0.29, 0.717) is 6.42 Å². The number of carboxylic acid groups (broad SMARTS) is 1. The Morgan fingerprint density at radius 3 is 2.43 bits per heavy atom. The van der Waals surface area contributed by atoms with Gasteiger partial charge in [-0.25, -0.2) is 4.79 Å². The van der Waals surface area contributed by atoms with E-state index in [2.05, 4.69) is 4.74 Å².